The van der Waals surface area contributed by atoms with Crippen LogP contribution in [0.1, 0.15) is 12.5 Å². The lowest BCUT2D eigenvalue weighted by Crippen LogP contribution is -2.28. The van der Waals surface area contributed by atoms with E-state index in [0.29, 0.717) is 11.8 Å². The van der Waals surface area contributed by atoms with Crippen LogP contribution in [0.25, 0.3) is 0 Å². The Balaban J connectivity index is 1.98. The van der Waals surface area contributed by atoms with Crippen LogP contribution in [-0.2, 0) is 6.54 Å². The molecule has 17 heavy (non-hydrogen) atoms. The lowest BCUT2D eigenvalue weighted by molar-refractivity contribution is 0.256. The molecule has 1 aromatic heterocycles. The van der Waals surface area contributed by atoms with Gasteiger partial charge in [0.2, 0.25) is 5.88 Å². The van der Waals surface area contributed by atoms with E-state index in [1.54, 1.807) is 7.11 Å². The number of rotatable bonds is 3. The lowest BCUT2D eigenvalue weighted by atomic mass is 10.1. The van der Waals surface area contributed by atoms with Gasteiger partial charge in [0.1, 0.15) is 0 Å². The van der Waals surface area contributed by atoms with E-state index in [1.807, 2.05) is 12.3 Å². The summed E-state index contributed by atoms with van der Waals surface area (Å²) < 4.78 is 5.15. The first-order valence-electron chi connectivity index (χ1n) is 6.20. The second kappa shape index (κ2) is 5.98. The maximum Gasteiger partial charge on any atom is 0.213 e. The van der Waals surface area contributed by atoms with Crippen molar-refractivity contribution in [3.05, 3.63) is 23.9 Å². The third-order valence-corrected chi connectivity index (χ3v) is 3.08. The zero-order valence-electron chi connectivity index (χ0n) is 10.6. The van der Waals surface area contributed by atoms with E-state index in [2.05, 4.69) is 28.2 Å². The summed E-state index contributed by atoms with van der Waals surface area (Å²) in [4.78, 5) is 6.62. The van der Waals surface area contributed by atoms with Crippen LogP contribution in [-0.4, -0.2) is 43.2 Å². The number of ether oxygens (including phenoxy) is 1. The van der Waals surface area contributed by atoms with Crippen molar-refractivity contribution in [1.82, 2.24) is 15.2 Å². The first-order chi connectivity index (χ1) is 8.28. The summed E-state index contributed by atoms with van der Waals surface area (Å²) in [5, 5.41) is 3.46. The van der Waals surface area contributed by atoms with Crippen molar-refractivity contribution in [3.63, 3.8) is 0 Å². The molecule has 1 aliphatic heterocycles. The maximum atomic E-state index is 5.15. The van der Waals surface area contributed by atoms with E-state index in [1.165, 1.54) is 5.56 Å². The van der Waals surface area contributed by atoms with Crippen LogP contribution in [0.2, 0.25) is 0 Å². The molecule has 0 bridgehead atoms. The molecule has 0 amide bonds. The van der Waals surface area contributed by atoms with Crippen LogP contribution >= 0.6 is 0 Å². The minimum atomic E-state index is 0.698. The Kier molecular flexibility index (Phi) is 4.34. The average molecular weight is 235 g/mol. The first kappa shape index (κ1) is 12.3. The van der Waals surface area contributed by atoms with Crippen LogP contribution in [0.5, 0.6) is 5.88 Å². The molecule has 1 fully saturated rings. The zero-order valence-corrected chi connectivity index (χ0v) is 10.6. The third-order valence-electron chi connectivity index (χ3n) is 3.08. The van der Waals surface area contributed by atoms with E-state index in [-0.39, 0.29) is 0 Å². The van der Waals surface area contributed by atoms with Crippen molar-refractivity contribution in [3.8, 4) is 5.88 Å². The minimum Gasteiger partial charge on any atom is -0.481 e. The van der Waals surface area contributed by atoms with Crippen LogP contribution < -0.4 is 10.1 Å². The van der Waals surface area contributed by atoms with Gasteiger partial charge in [0, 0.05) is 38.4 Å². The van der Waals surface area contributed by atoms with E-state index in [0.717, 1.165) is 32.7 Å². The molecule has 2 rings (SSSR count). The van der Waals surface area contributed by atoms with Crippen LogP contribution in [0.4, 0.5) is 0 Å². The van der Waals surface area contributed by atoms with Gasteiger partial charge in [0.05, 0.1) is 7.11 Å². The molecular formula is C13H21N3O. The second-order valence-corrected chi connectivity index (χ2v) is 4.75. The van der Waals surface area contributed by atoms with Gasteiger partial charge in [-0.05, 0) is 24.1 Å². The molecule has 4 nitrogen and oxygen atoms in total. The van der Waals surface area contributed by atoms with Gasteiger partial charge in [-0.15, -0.1) is 0 Å². The number of pyridine rings is 1. The largest absolute Gasteiger partial charge is 0.481 e. The SMILES string of the molecule is COc1cc(CN2CCNCC(C)C2)ccn1. The van der Waals surface area contributed by atoms with Gasteiger partial charge in [-0.1, -0.05) is 6.92 Å². The summed E-state index contributed by atoms with van der Waals surface area (Å²) >= 11 is 0. The molecule has 0 aliphatic carbocycles. The van der Waals surface area contributed by atoms with Crippen molar-refractivity contribution in [1.29, 1.82) is 0 Å². The molecule has 1 saturated heterocycles. The molecule has 94 valence electrons. The predicted molar refractivity (Wildman–Crippen MR) is 68.1 cm³/mol. The lowest BCUT2D eigenvalue weighted by Gasteiger charge is -2.21. The monoisotopic (exact) mass is 235 g/mol. The van der Waals surface area contributed by atoms with Gasteiger partial charge in [0.15, 0.2) is 0 Å². The topological polar surface area (TPSA) is 37.4 Å². The van der Waals surface area contributed by atoms with E-state index in [9.17, 15) is 0 Å². The Labute approximate surface area is 103 Å². The van der Waals surface area contributed by atoms with Crippen LogP contribution in [0.15, 0.2) is 18.3 Å². The van der Waals surface area contributed by atoms with E-state index >= 15 is 0 Å². The molecule has 0 spiro atoms. The molecule has 0 radical (unpaired) electrons. The molecule has 1 atom stereocenters. The highest BCUT2D eigenvalue weighted by molar-refractivity contribution is 5.20. The average Bonchev–Trinajstić information content (AvgIpc) is 2.54. The summed E-state index contributed by atoms with van der Waals surface area (Å²) in [5.74, 6) is 1.41. The highest BCUT2D eigenvalue weighted by Crippen LogP contribution is 2.12. The Morgan fingerprint density at radius 3 is 3.29 bits per heavy atom. The third kappa shape index (κ3) is 3.68. The summed E-state index contributed by atoms with van der Waals surface area (Å²) in [5.41, 5.74) is 1.27. The normalized spacial score (nSPS) is 22.1. The zero-order chi connectivity index (χ0) is 12.1. The van der Waals surface area contributed by atoms with Gasteiger partial charge in [0.25, 0.3) is 0 Å². The van der Waals surface area contributed by atoms with Gasteiger partial charge < -0.3 is 10.1 Å². The van der Waals surface area contributed by atoms with Crippen molar-refractivity contribution >= 4 is 0 Å². The number of aromatic nitrogens is 1. The number of hydrogen-bond donors (Lipinski definition) is 1. The molecule has 0 saturated carbocycles. The molecule has 1 aliphatic rings. The van der Waals surface area contributed by atoms with Crippen molar-refractivity contribution in [2.45, 2.75) is 13.5 Å². The van der Waals surface area contributed by atoms with Crippen molar-refractivity contribution < 1.29 is 4.74 Å². The highest BCUT2D eigenvalue weighted by atomic mass is 16.5. The fraction of sp³-hybridized carbons (Fsp3) is 0.615. The van der Waals surface area contributed by atoms with Gasteiger partial charge in [-0.2, -0.15) is 0 Å². The maximum absolute atomic E-state index is 5.15. The summed E-state index contributed by atoms with van der Waals surface area (Å²) in [6.45, 7) is 7.72. The molecule has 1 unspecified atom stereocenters. The number of nitrogens with zero attached hydrogens (tertiary/aromatic N) is 2. The minimum absolute atomic E-state index is 0.698. The van der Waals surface area contributed by atoms with Gasteiger partial charge in [-0.25, -0.2) is 4.98 Å². The standard InChI is InChI=1S/C13H21N3O/c1-11-8-14-5-6-16(9-11)10-12-3-4-15-13(7-12)17-2/h3-4,7,11,14H,5-6,8-10H2,1-2H3. The summed E-state index contributed by atoms with van der Waals surface area (Å²) in [6.07, 6.45) is 1.81. The smallest absolute Gasteiger partial charge is 0.213 e. The summed E-state index contributed by atoms with van der Waals surface area (Å²) in [6, 6.07) is 4.08. The Bertz CT molecular complexity index is 356. The van der Waals surface area contributed by atoms with Gasteiger partial charge in [-0.3, -0.25) is 4.90 Å². The molecule has 4 heteroatoms. The second-order valence-electron chi connectivity index (χ2n) is 4.75. The van der Waals surface area contributed by atoms with Crippen LogP contribution in [0.3, 0.4) is 0 Å². The van der Waals surface area contributed by atoms with E-state index < -0.39 is 0 Å². The fourth-order valence-corrected chi connectivity index (χ4v) is 2.24. The van der Waals surface area contributed by atoms with Crippen molar-refractivity contribution in [2.75, 3.05) is 33.3 Å². The Morgan fingerprint density at radius 2 is 2.47 bits per heavy atom. The van der Waals surface area contributed by atoms with Crippen molar-refractivity contribution in [2.24, 2.45) is 5.92 Å². The molecule has 2 heterocycles. The quantitative estimate of drug-likeness (QED) is 0.852. The number of hydrogen-bond acceptors (Lipinski definition) is 4. The number of nitrogens with one attached hydrogen (secondary N) is 1. The Morgan fingerprint density at radius 1 is 1.59 bits per heavy atom. The Hall–Kier alpha value is -1.13. The molecular weight excluding hydrogens is 214 g/mol. The molecule has 1 N–H and O–H groups in total. The summed E-state index contributed by atoms with van der Waals surface area (Å²) in [7, 11) is 1.66. The van der Waals surface area contributed by atoms with E-state index in [4.69, 9.17) is 4.74 Å². The van der Waals surface area contributed by atoms with Crippen LogP contribution in [0, 0.1) is 5.92 Å². The number of methoxy groups -OCH3 is 1. The first-order valence-corrected chi connectivity index (χ1v) is 6.20. The molecule has 0 aromatic carbocycles. The fourth-order valence-electron chi connectivity index (χ4n) is 2.24. The van der Waals surface area contributed by atoms with Gasteiger partial charge >= 0.3 is 0 Å². The highest BCUT2D eigenvalue weighted by Gasteiger charge is 2.14. The molecule has 1 aromatic rings. The predicted octanol–water partition coefficient (Wildman–Crippen LogP) is 1.13.